The average molecular weight is 283 g/mol. The molecule has 0 aliphatic carbocycles. The zero-order chi connectivity index (χ0) is 14.5. The number of hydrogen-bond acceptors (Lipinski definition) is 3. The summed E-state index contributed by atoms with van der Waals surface area (Å²) in [5.41, 5.74) is 0. The van der Waals surface area contributed by atoms with Crippen LogP contribution in [0.3, 0.4) is 0 Å². The first kappa shape index (κ1) is 18.0. The van der Waals surface area contributed by atoms with E-state index in [0.717, 1.165) is 12.8 Å². The van der Waals surface area contributed by atoms with E-state index in [1.54, 1.807) is 0 Å². The minimum absolute atomic E-state index is 0.160. The van der Waals surface area contributed by atoms with Gasteiger partial charge in [0.05, 0.1) is 5.25 Å². The van der Waals surface area contributed by atoms with Crippen LogP contribution < -0.4 is 5.32 Å². The van der Waals surface area contributed by atoms with Crippen LogP contribution in [0, 0.1) is 11.8 Å². The molecule has 1 unspecified atom stereocenters. The van der Waals surface area contributed by atoms with Gasteiger partial charge in [0.1, 0.15) is 0 Å². The molecular formula is C15H25NO2S. The fraction of sp³-hybridized carbons (Fsp3) is 0.733. The van der Waals surface area contributed by atoms with E-state index in [1.165, 1.54) is 39.0 Å². The minimum atomic E-state index is -0.527. The van der Waals surface area contributed by atoms with E-state index in [-0.39, 0.29) is 18.2 Å². The second-order valence-electron chi connectivity index (χ2n) is 4.64. The molecule has 1 atom stereocenters. The highest BCUT2D eigenvalue weighted by atomic mass is 32.1. The summed E-state index contributed by atoms with van der Waals surface area (Å²) < 4.78 is 0. The maximum absolute atomic E-state index is 11.5. The Morgan fingerprint density at radius 1 is 1.16 bits per heavy atom. The molecule has 1 N–H and O–H groups in total. The van der Waals surface area contributed by atoms with Crippen molar-refractivity contribution >= 4 is 24.3 Å². The van der Waals surface area contributed by atoms with Crippen LogP contribution in [-0.4, -0.2) is 23.5 Å². The van der Waals surface area contributed by atoms with E-state index in [9.17, 15) is 9.59 Å². The van der Waals surface area contributed by atoms with Gasteiger partial charge in [0, 0.05) is 19.9 Å². The first-order chi connectivity index (χ1) is 9.07. The van der Waals surface area contributed by atoms with Crippen molar-refractivity contribution in [3.05, 3.63) is 0 Å². The van der Waals surface area contributed by atoms with Crippen LogP contribution in [0.2, 0.25) is 0 Å². The summed E-state index contributed by atoms with van der Waals surface area (Å²) in [6.07, 6.45) is 8.09. The standard InChI is InChI=1S/C15H25NO2S/c1-3-4-5-6-7-8-9-10-11-14(18)15(19)12-16-13(2)17/h15,19H,3-9,12H2,1-2H3,(H,16,17). The van der Waals surface area contributed by atoms with E-state index in [4.69, 9.17) is 0 Å². The Morgan fingerprint density at radius 2 is 1.79 bits per heavy atom. The molecule has 1 amide bonds. The van der Waals surface area contributed by atoms with Crippen molar-refractivity contribution in [3.63, 3.8) is 0 Å². The molecule has 0 aliphatic rings. The molecule has 108 valence electrons. The summed E-state index contributed by atoms with van der Waals surface area (Å²) in [6, 6.07) is 0. The normalized spacial score (nSPS) is 11.3. The molecular weight excluding hydrogens is 258 g/mol. The third-order valence-corrected chi connectivity index (χ3v) is 3.13. The zero-order valence-electron chi connectivity index (χ0n) is 12.0. The molecule has 4 heteroatoms. The Bertz CT molecular complexity index is 331. The van der Waals surface area contributed by atoms with Gasteiger partial charge in [0.25, 0.3) is 0 Å². The lowest BCUT2D eigenvalue weighted by Crippen LogP contribution is -2.31. The summed E-state index contributed by atoms with van der Waals surface area (Å²) in [5.74, 6) is 5.10. The van der Waals surface area contributed by atoms with Gasteiger partial charge < -0.3 is 5.32 Å². The fourth-order valence-corrected chi connectivity index (χ4v) is 1.72. The van der Waals surface area contributed by atoms with E-state index in [0.29, 0.717) is 0 Å². The Kier molecular flexibility index (Phi) is 11.5. The first-order valence-electron chi connectivity index (χ1n) is 7.03. The zero-order valence-corrected chi connectivity index (χ0v) is 12.9. The van der Waals surface area contributed by atoms with Crippen LogP contribution in [0.4, 0.5) is 0 Å². The average Bonchev–Trinajstić information content (AvgIpc) is 2.38. The number of carbonyl (C=O) groups is 2. The molecule has 0 radical (unpaired) electrons. The van der Waals surface area contributed by atoms with Crippen molar-refractivity contribution in [2.45, 2.75) is 64.0 Å². The van der Waals surface area contributed by atoms with Crippen molar-refractivity contribution in [1.82, 2.24) is 5.32 Å². The van der Waals surface area contributed by atoms with Gasteiger partial charge in [-0.05, 0) is 12.3 Å². The van der Waals surface area contributed by atoms with Crippen LogP contribution >= 0.6 is 12.6 Å². The Morgan fingerprint density at radius 3 is 2.42 bits per heavy atom. The SMILES string of the molecule is CCCCCCCCC#CC(=O)C(S)CNC(C)=O. The van der Waals surface area contributed by atoms with Crippen LogP contribution in [0.1, 0.15) is 58.8 Å². The molecule has 0 aromatic carbocycles. The number of nitrogens with one attached hydrogen (secondary N) is 1. The Labute approximate surface area is 122 Å². The lowest BCUT2D eigenvalue weighted by atomic mass is 10.1. The highest BCUT2D eigenvalue weighted by Crippen LogP contribution is 2.06. The van der Waals surface area contributed by atoms with Crippen molar-refractivity contribution < 1.29 is 9.59 Å². The van der Waals surface area contributed by atoms with Crippen molar-refractivity contribution in [2.24, 2.45) is 0 Å². The summed E-state index contributed by atoms with van der Waals surface area (Å²) >= 11 is 4.11. The molecule has 3 nitrogen and oxygen atoms in total. The molecule has 0 aromatic heterocycles. The Hall–Kier alpha value is -0.950. The van der Waals surface area contributed by atoms with Gasteiger partial charge in [-0.15, -0.1) is 0 Å². The van der Waals surface area contributed by atoms with E-state index >= 15 is 0 Å². The van der Waals surface area contributed by atoms with E-state index in [1.807, 2.05) is 0 Å². The van der Waals surface area contributed by atoms with Gasteiger partial charge in [-0.2, -0.15) is 12.6 Å². The number of Topliss-reactive ketones (excluding diaryl/α,β-unsaturated/α-hetero) is 1. The monoisotopic (exact) mass is 283 g/mol. The summed E-state index contributed by atoms with van der Waals surface area (Å²) in [4.78, 5) is 22.2. The first-order valence-corrected chi connectivity index (χ1v) is 7.54. The summed E-state index contributed by atoms with van der Waals surface area (Å²) in [6.45, 7) is 3.85. The van der Waals surface area contributed by atoms with Gasteiger partial charge in [-0.3, -0.25) is 9.59 Å². The largest absolute Gasteiger partial charge is 0.355 e. The number of unbranched alkanes of at least 4 members (excludes halogenated alkanes) is 6. The maximum Gasteiger partial charge on any atom is 0.219 e. The Balaban J connectivity index is 3.64. The van der Waals surface area contributed by atoms with Gasteiger partial charge in [0.15, 0.2) is 0 Å². The number of ketones is 1. The molecule has 19 heavy (non-hydrogen) atoms. The smallest absolute Gasteiger partial charge is 0.219 e. The predicted molar refractivity (Wildman–Crippen MR) is 82.2 cm³/mol. The van der Waals surface area contributed by atoms with Crippen LogP contribution in [-0.2, 0) is 9.59 Å². The minimum Gasteiger partial charge on any atom is -0.355 e. The highest BCUT2D eigenvalue weighted by molar-refractivity contribution is 7.81. The topological polar surface area (TPSA) is 46.2 Å². The molecule has 0 saturated heterocycles. The fourth-order valence-electron chi connectivity index (χ4n) is 1.56. The number of rotatable bonds is 9. The van der Waals surface area contributed by atoms with Crippen LogP contribution in [0.25, 0.3) is 0 Å². The van der Waals surface area contributed by atoms with E-state index in [2.05, 4.69) is 36.7 Å². The molecule has 0 heterocycles. The molecule has 0 saturated carbocycles. The van der Waals surface area contributed by atoms with Gasteiger partial charge >= 0.3 is 0 Å². The highest BCUT2D eigenvalue weighted by Gasteiger charge is 2.11. The summed E-state index contributed by atoms with van der Waals surface area (Å²) in [7, 11) is 0. The number of hydrogen-bond donors (Lipinski definition) is 2. The quantitative estimate of drug-likeness (QED) is 0.296. The van der Waals surface area contributed by atoms with E-state index < -0.39 is 5.25 Å². The lowest BCUT2D eigenvalue weighted by Gasteiger charge is -2.05. The second kappa shape index (κ2) is 12.1. The van der Waals surface area contributed by atoms with Crippen LogP contribution in [0.15, 0.2) is 0 Å². The maximum atomic E-state index is 11.5. The predicted octanol–water partition coefficient (Wildman–Crippen LogP) is 2.74. The summed E-state index contributed by atoms with van der Waals surface area (Å²) in [5, 5.41) is 2.03. The van der Waals surface area contributed by atoms with Gasteiger partial charge in [-0.25, -0.2) is 0 Å². The lowest BCUT2D eigenvalue weighted by molar-refractivity contribution is -0.119. The van der Waals surface area contributed by atoms with Crippen molar-refractivity contribution in [3.8, 4) is 11.8 Å². The van der Waals surface area contributed by atoms with Gasteiger partial charge in [0.2, 0.25) is 11.7 Å². The van der Waals surface area contributed by atoms with Crippen molar-refractivity contribution in [1.29, 1.82) is 0 Å². The molecule has 0 rings (SSSR count). The third-order valence-electron chi connectivity index (χ3n) is 2.71. The molecule has 0 bridgehead atoms. The number of thiol groups is 1. The van der Waals surface area contributed by atoms with Gasteiger partial charge in [-0.1, -0.05) is 44.9 Å². The van der Waals surface area contributed by atoms with Crippen molar-refractivity contribution in [2.75, 3.05) is 6.54 Å². The molecule has 0 aliphatic heterocycles. The third kappa shape index (κ3) is 11.9. The number of carbonyl (C=O) groups excluding carboxylic acids is 2. The molecule has 0 spiro atoms. The number of amides is 1. The molecule has 0 fully saturated rings. The second-order valence-corrected chi connectivity index (χ2v) is 5.26. The van der Waals surface area contributed by atoms with Crippen LogP contribution in [0.5, 0.6) is 0 Å². The molecule has 0 aromatic rings.